The number of hydrogen-bond donors (Lipinski definition) is 0. The highest BCUT2D eigenvalue weighted by molar-refractivity contribution is 4.97. The van der Waals surface area contributed by atoms with Crippen molar-refractivity contribution in [1.82, 2.24) is 9.47 Å². The van der Waals surface area contributed by atoms with Gasteiger partial charge in [0.2, 0.25) is 0 Å². The third-order valence-electron chi connectivity index (χ3n) is 5.78. The van der Waals surface area contributed by atoms with E-state index in [1.165, 1.54) is 32.2 Å². The van der Waals surface area contributed by atoms with Crippen LogP contribution in [0, 0.1) is 11.8 Å². The lowest BCUT2D eigenvalue weighted by Crippen LogP contribution is -2.52. The molecule has 0 unspecified atom stereocenters. The zero-order valence-electron chi connectivity index (χ0n) is 13.4. The van der Waals surface area contributed by atoms with Crippen LogP contribution in [0.2, 0.25) is 0 Å². The Kier molecular flexibility index (Phi) is 4.51. The minimum absolute atomic E-state index is 0.441. The molecule has 3 heterocycles. The van der Waals surface area contributed by atoms with Crippen molar-refractivity contribution in [3.05, 3.63) is 24.5 Å². The molecule has 0 aromatic carbocycles. The summed E-state index contributed by atoms with van der Waals surface area (Å²) in [6.07, 6.45) is 9.88. The Morgan fingerprint density at radius 3 is 2.55 bits per heavy atom. The lowest BCUT2D eigenvalue weighted by molar-refractivity contribution is -0.0834. The van der Waals surface area contributed by atoms with Gasteiger partial charge in [0.05, 0.1) is 12.7 Å². The summed E-state index contributed by atoms with van der Waals surface area (Å²) in [4.78, 5) is 2.74. The Hall–Kier alpha value is -0.840. The van der Waals surface area contributed by atoms with Gasteiger partial charge in [0.15, 0.2) is 0 Å². The van der Waals surface area contributed by atoms with Crippen LogP contribution in [0.5, 0.6) is 0 Å². The monoisotopic (exact) mass is 304 g/mol. The van der Waals surface area contributed by atoms with Crippen molar-refractivity contribution in [3.63, 3.8) is 0 Å². The van der Waals surface area contributed by atoms with E-state index in [4.69, 9.17) is 9.47 Å². The van der Waals surface area contributed by atoms with Gasteiger partial charge in [0.25, 0.3) is 0 Å². The van der Waals surface area contributed by atoms with Crippen LogP contribution in [0.3, 0.4) is 0 Å². The van der Waals surface area contributed by atoms with Crippen molar-refractivity contribution in [2.24, 2.45) is 11.8 Å². The van der Waals surface area contributed by atoms with Crippen molar-refractivity contribution < 1.29 is 9.47 Å². The van der Waals surface area contributed by atoms with Crippen LogP contribution < -0.4 is 0 Å². The number of hydrogen-bond acceptors (Lipinski definition) is 3. The van der Waals surface area contributed by atoms with Crippen molar-refractivity contribution in [2.75, 3.05) is 32.9 Å². The van der Waals surface area contributed by atoms with Gasteiger partial charge in [0.1, 0.15) is 0 Å². The predicted molar refractivity (Wildman–Crippen MR) is 85.8 cm³/mol. The molecule has 1 aromatic rings. The van der Waals surface area contributed by atoms with Crippen molar-refractivity contribution in [2.45, 2.75) is 44.4 Å². The summed E-state index contributed by atoms with van der Waals surface area (Å²) in [5.74, 6) is 1.51. The average Bonchev–Trinajstić information content (AvgIpc) is 3.20. The highest BCUT2D eigenvalue weighted by Crippen LogP contribution is 2.36. The van der Waals surface area contributed by atoms with Gasteiger partial charge in [-0.2, -0.15) is 0 Å². The molecule has 2 aliphatic heterocycles. The SMILES string of the molecule is c1ccn(C[C@@H]2CC[C@@H]3[C@H]2OCCN3CC2CCOCC2)c1. The number of morpholine rings is 1. The molecular formula is C18H28N2O2. The fourth-order valence-electron chi connectivity index (χ4n) is 4.58. The molecule has 4 heteroatoms. The number of aromatic nitrogens is 1. The molecule has 4 rings (SSSR count). The van der Waals surface area contributed by atoms with E-state index in [-0.39, 0.29) is 0 Å². The Morgan fingerprint density at radius 2 is 1.73 bits per heavy atom. The first-order valence-corrected chi connectivity index (χ1v) is 8.94. The summed E-state index contributed by atoms with van der Waals surface area (Å²) in [7, 11) is 0. The molecular weight excluding hydrogens is 276 g/mol. The zero-order valence-corrected chi connectivity index (χ0v) is 13.4. The van der Waals surface area contributed by atoms with E-state index in [0.29, 0.717) is 18.1 Å². The maximum Gasteiger partial charge on any atom is 0.0775 e. The van der Waals surface area contributed by atoms with Gasteiger partial charge in [-0.25, -0.2) is 0 Å². The van der Waals surface area contributed by atoms with Crippen LogP contribution in [-0.4, -0.2) is 54.5 Å². The predicted octanol–water partition coefficient (Wildman–Crippen LogP) is 2.39. The van der Waals surface area contributed by atoms with E-state index in [1.54, 1.807) is 0 Å². The zero-order chi connectivity index (χ0) is 14.8. The molecule has 2 saturated heterocycles. The number of fused-ring (bicyclic) bond motifs is 1. The highest BCUT2D eigenvalue weighted by Gasteiger charge is 2.42. The quantitative estimate of drug-likeness (QED) is 0.854. The first-order chi connectivity index (χ1) is 10.9. The maximum atomic E-state index is 6.20. The van der Waals surface area contributed by atoms with E-state index in [1.807, 2.05) is 0 Å². The second-order valence-electron chi connectivity index (χ2n) is 7.17. The van der Waals surface area contributed by atoms with Gasteiger partial charge in [-0.15, -0.1) is 0 Å². The van der Waals surface area contributed by atoms with Crippen molar-refractivity contribution in [1.29, 1.82) is 0 Å². The lowest BCUT2D eigenvalue weighted by atomic mass is 9.97. The van der Waals surface area contributed by atoms with Crippen molar-refractivity contribution in [3.8, 4) is 0 Å². The minimum Gasteiger partial charge on any atom is -0.381 e. The van der Waals surface area contributed by atoms with Gasteiger partial charge < -0.3 is 14.0 Å². The molecule has 1 aliphatic carbocycles. The average molecular weight is 304 g/mol. The summed E-state index contributed by atoms with van der Waals surface area (Å²) in [5, 5.41) is 0. The minimum atomic E-state index is 0.441. The normalized spacial score (nSPS) is 33.9. The maximum absolute atomic E-state index is 6.20. The summed E-state index contributed by atoms with van der Waals surface area (Å²) in [5.41, 5.74) is 0. The van der Waals surface area contributed by atoms with E-state index >= 15 is 0 Å². The molecule has 0 spiro atoms. The molecule has 3 aliphatic rings. The fraction of sp³-hybridized carbons (Fsp3) is 0.778. The molecule has 0 N–H and O–H groups in total. The second-order valence-corrected chi connectivity index (χ2v) is 7.17. The van der Waals surface area contributed by atoms with E-state index in [2.05, 4.69) is 34.0 Å². The Labute approximate surface area is 133 Å². The largest absolute Gasteiger partial charge is 0.381 e. The van der Waals surface area contributed by atoms with Crippen LogP contribution in [0.4, 0.5) is 0 Å². The first kappa shape index (κ1) is 14.7. The molecule has 122 valence electrons. The topological polar surface area (TPSA) is 26.6 Å². The standard InChI is InChI=1S/C18H28N2O2/c1-2-8-19(7-1)14-16-3-4-17-18(16)22-12-9-20(17)13-15-5-10-21-11-6-15/h1-2,7-8,15-18H,3-6,9-14H2/t16-,17+,18-/m0/s1. The van der Waals surface area contributed by atoms with Crippen LogP contribution in [0.15, 0.2) is 24.5 Å². The Bertz CT molecular complexity index is 456. The summed E-state index contributed by atoms with van der Waals surface area (Å²) >= 11 is 0. The summed E-state index contributed by atoms with van der Waals surface area (Å²) in [6.45, 7) is 6.31. The van der Waals surface area contributed by atoms with Gasteiger partial charge in [0, 0.05) is 57.2 Å². The van der Waals surface area contributed by atoms with Crippen LogP contribution in [0.25, 0.3) is 0 Å². The first-order valence-electron chi connectivity index (χ1n) is 8.94. The van der Waals surface area contributed by atoms with Crippen molar-refractivity contribution >= 4 is 0 Å². The van der Waals surface area contributed by atoms with Gasteiger partial charge in [-0.3, -0.25) is 4.90 Å². The molecule has 1 aromatic heterocycles. The second kappa shape index (κ2) is 6.73. The Balaban J connectivity index is 1.37. The summed E-state index contributed by atoms with van der Waals surface area (Å²) in [6, 6.07) is 4.88. The van der Waals surface area contributed by atoms with Gasteiger partial charge in [-0.05, 0) is 43.7 Å². The molecule has 4 nitrogen and oxygen atoms in total. The number of ether oxygens (including phenoxy) is 2. The van der Waals surface area contributed by atoms with Gasteiger partial charge in [-0.1, -0.05) is 0 Å². The third kappa shape index (κ3) is 3.10. The van der Waals surface area contributed by atoms with E-state index in [9.17, 15) is 0 Å². The smallest absolute Gasteiger partial charge is 0.0775 e. The highest BCUT2D eigenvalue weighted by atomic mass is 16.5. The van der Waals surface area contributed by atoms with E-state index in [0.717, 1.165) is 38.8 Å². The Morgan fingerprint density at radius 1 is 0.909 bits per heavy atom. The van der Waals surface area contributed by atoms with Crippen LogP contribution in [-0.2, 0) is 16.0 Å². The molecule has 3 atom stereocenters. The van der Waals surface area contributed by atoms with E-state index < -0.39 is 0 Å². The summed E-state index contributed by atoms with van der Waals surface area (Å²) < 4.78 is 14.0. The molecule has 1 saturated carbocycles. The lowest BCUT2D eigenvalue weighted by Gasteiger charge is -2.41. The van der Waals surface area contributed by atoms with Gasteiger partial charge >= 0.3 is 0 Å². The molecule has 22 heavy (non-hydrogen) atoms. The molecule has 0 amide bonds. The molecule has 0 bridgehead atoms. The molecule has 3 fully saturated rings. The molecule has 0 radical (unpaired) electrons. The third-order valence-corrected chi connectivity index (χ3v) is 5.78. The van der Waals surface area contributed by atoms with Crippen LogP contribution in [0.1, 0.15) is 25.7 Å². The number of nitrogens with zero attached hydrogens (tertiary/aromatic N) is 2. The number of rotatable bonds is 4. The van der Waals surface area contributed by atoms with Crippen LogP contribution >= 0.6 is 0 Å². The fourth-order valence-corrected chi connectivity index (χ4v) is 4.58.